The van der Waals surface area contributed by atoms with E-state index in [-0.39, 0.29) is 0 Å². The zero-order valence-electron chi connectivity index (χ0n) is 12.0. The first-order valence-electron chi connectivity index (χ1n) is 7.50. The fourth-order valence-corrected chi connectivity index (χ4v) is 2.11. The monoisotopic (exact) mass is 227 g/mol. The average molecular weight is 227 g/mol. The summed E-state index contributed by atoms with van der Waals surface area (Å²) in [4.78, 5) is 0. The molecule has 0 fully saturated rings. The summed E-state index contributed by atoms with van der Waals surface area (Å²) >= 11 is 0. The zero-order valence-corrected chi connectivity index (χ0v) is 12.0. The van der Waals surface area contributed by atoms with Crippen molar-refractivity contribution in [1.82, 2.24) is 5.32 Å². The summed E-state index contributed by atoms with van der Waals surface area (Å²) in [5, 5.41) is 3.78. The molecule has 0 rings (SSSR count). The lowest BCUT2D eigenvalue weighted by Gasteiger charge is -2.22. The van der Waals surface area contributed by atoms with Gasteiger partial charge in [0.2, 0.25) is 0 Å². The van der Waals surface area contributed by atoms with Crippen molar-refractivity contribution in [3.63, 3.8) is 0 Å². The summed E-state index contributed by atoms with van der Waals surface area (Å²) in [6.45, 7) is 9.15. The molecule has 0 radical (unpaired) electrons. The minimum atomic E-state index is 0.688. The maximum atomic E-state index is 3.78. The van der Waals surface area contributed by atoms with Gasteiger partial charge in [0, 0.05) is 12.1 Å². The van der Waals surface area contributed by atoms with E-state index in [1.807, 2.05) is 0 Å². The van der Waals surface area contributed by atoms with Gasteiger partial charge in [0.1, 0.15) is 0 Å². The van der Waals surface area contributed by atoms with E-state index >= 15 is 0 Å². The molecular formula is C15H33N. The van der Waals surface area contributed by atoms with Gasteiger partial charge in [-0.1, -0.05) is 59.3 Å². The van der Waals surface area contributed by atoms with Gasteiger partial charge in [-0.3, -0.25) is 0 Å². The molecule has 1 nitrogen and oxygen atoms in total. The van der Waals surface area contributed by atoms with Gasteiger partial charge < -0.3 is 5.32 Å². The summed E-state index contributed by atoms with van der Waals surface area (Å²) < 4.78 is 0. The van der Waals surface area contributed by atoms with Crippen LogP contribution in [0.25, 0.3) is 0 Å². The molecule has 0 bridgehead atoms. The topological polar surface area (TPSA) is 12.0 Å². The van der Waals surface area contributed by atoms with Crippen LogP contribution in [0.1, 0.15) is 85.5 Å². The maximum Gasteiger partial charge on any atom is 0.00695 e. The molecule has 0 aliphatic carbocycles. The summed E-state index contributed by atoms with van der Waals surface area (Å²) in [6.07, 6.45) is 12.3. The molecule has 1 atom stereocenters. The van der Waals surface area contributed by atoms with Crippen molar-refractivity contribution in [2.45, 2.75) is 97.6 Å². The Labute approximate surface area is 103 Å². The largest absolute Gasteiger partial charge is 0.312 e. The van der Waals surface area contributed by atoms with Gasteiger partial charge in [0.25, 0.3) is 0 Å². The second-order valence-electron chi connectivity index (χ2n) is 5.16. The summed E-state index contributed by atoms with van der Waals surface area (Å²) in [7, 11) is 0. The van der Waals surface area contributed by atoms with Crippen LogP contribution in [0.4, 0.5) is 0 Å². The van der Waals surface area contributed by atoms with Crippen LogP contribution >= 0.6 is 0 Å². The van der Waals surface area contributed by atoms with Gasteiger partial charge in [0.05, 0.1) is 0 Å². The fraction of sp³-hybridized carbons (Fsp3) is 1.00. The van der Waals surface area contributed by atoms with Crippen molar-refractivity contribution in [3.8, 4) is 0 Å². The molecule has 0 aliphatic rings. The van der Waals surface area contributed by atoms with Crippen molar-refractivity contribution in [2.24, 2.45) is 0 Å². The van der Waals surface area contributed by atoms with Gasteiger partial charge in [-0.2, -0.15) is 0 Å². The molecule has 0 aromatic rings. The van der Waals surface area contributed by atoms with Gasteiger partial charge in [-0.05, 0) is 26.2 Å². The first kappa shape index (κ1) is 16.0. The normalized spacial score (nSPS) is 13.3. The summed E-state index contributed by atoms with van der Waals surface area (Å²) in [6, 6.07) is 1.46. The highest BCUT2D eigenvalue weighted by Crippen LogP contribution is 2.12. The second-order valence-corrected chi connectivity index (χ2v) is 5.16. The molecule has 16 heavy (non-hydrogen) atoms. The third-order valence-corrected chi connectivity index (χ3v) is 3.44. The van der Waals surface area contributed by atoms with Crippen molar-refractivity contribution >= 4 is 0 Å². The van der Waals surface area contributed by atoms with Crippen molar-refractivity contribution in [1.29, 1.82) is 0 Å². The first-order valence-corrected chi connectivity index (χ1v) is 7.50. The van der Waals surface area contributed by atoms with Gasteiger partial charge in [-0.25, -0.2) is 0 Å². The first-order chi connectivity index (χ1) is 7.74. The Morgan fingerprint density at radius 2 is 1.31 bits per heavy atom. The Balaban J connectivity index is 3.75. The number of hydrogen-bond donors (Lipinski definition) is 1. The van der Waals surface area contributed by atoms with Gasteiger partial charge in [0.15, 0.2) is 0 Å². The third kappa shape index (κ3) is 9.21. The number of nitrogens with one attached hydrogen (secondary N) is 1. The lowest BCUT2D eigenvalue weighted by atomic mass is 10.0. The van der Waals surface area contributed by atoms with E-state index in [9.17, 15) is 0 Å². The number of hydrogen-bond acceptors (Lipinski definition) is 1. The Morgan fingerprint density at radius 3 is 1.69 bits per heavy atom. The maximum absolute atomic E-state index is 3.78. The van der Waals surface area contributed by atoms with Crippen LogP contribution in [0.5, 0.6) is 0 Å². The van der Waals surface area contributed by atoms with Crippen LogP contribution in [0.2, 0.25) is 0 Å². The summed E-state index contributed by atoms with van der Waals surface area (Å²) in [5.41, 5.74) is 0. The van der Waals surface area contributed by atoms with Crippen molar-refractivity contribution in [3.05, 3.63) is 0 Å². The van der Waals surface area contributed by atoms with Gasteiger partial charge in [-0.15, -0.1) is 0 Å². The standard InChI is InChI=1S/C15H33N/c1-5-8-10-12-15(13-11-9-6-2)16-14(4)7-3/h14-16H,5-13H2,1-4H3. The average Bonchev–Trinajstić information content (AvgIpc) is 2.29. The van der Waals surface area contributed by atoms with Gasteiger partial charge >= 0.3 is 0 Å². The quantitative estimate of drug-likeness (QED) is 0.495. The Bertz CT molecular complexity index is 123. The number of rotatable bonds is 11. The predicted molar refractivity (Wildman–Crippen MR) is 75.0 cm³/mol. The molecular weight excluding hydrogens is 194 g/mol. The molecule has 0 aliphatic heterocycles. The van der Waals surface area contributed by atoms with Crippen LogP contribution in [-0.4, -0.2) is 12.1 Å². The van der Waals surface area contributed by atoms with Crippen LogP contribution in [0.15, 0.2) is 0 Å². The van der Waals surface area contributed by atoms with E-state index in [2.05, 4.69) is 33.0 Å². The van der Waals surface area contributed by atoms with E-state index in [0.29, 0.717) is 6.04 Å². The predicted octanol–water partition coefficient (Wildman–Crippen LogP) is 4.90. The lowest BCUT2D eigenvalue weighted by Crippen LogP contribution is -2.36. The molecule has 0 heterocycles. The second kappa shape index (κ2) is 11.4. The van der Waals surface area contributed by atoms with Crippen molar-refractivity contribution in [2.75, 3.05) is 0 Å². The molecule has 0 saturated heterocycles. The van der Waals surface area contributed by atoms with Crippen LogP contribution < -0.4 is 5.32 Å². The molecule has 98 valence electrons. The highest BCUT2D eigenvalue weighted by molar-refractivity contribution is 4.71. The molecule has 0 saturated carbocycles. The lowest BCUT2D eigenvalue weighted by molar-refractivity contribution is 0.375. The smallest absolute Gasteiger partial charge is 0.00695 e. The molecule has 1 heteroatoms. The third-order valence-electron chi connectivity index (χ3n) is 3.44. The van der Waals surface area contributed by atoms with E-state index in [1.165, 1.54) is 57.8 Å². The Hall–Kier alpha value is -0.0400. The van der Waals surface area contributed by atoms with Crippen LogP contribution in [-0.2, 0) is 0 Å². The van der Waals surface area contributed by atoms with E-state index in [0.717, 1.165) is 6.04 Å². The molecule has 1 unspecified atom stereocenters. The zero-order chi connectivity index (χ0) is 12.2. The Morgan fingerprint density at radius 1 is 0.812 bits per heavy atom. The minimum absolute atomic E-state index is 0.688. The SMILES string of the molecule is CCCCCC(CCCCC)NC(C)CC. The molecule has 1 N–H and O–H groups in total. The summed E-state index contributed by atoms with van der Waals surface area (Å²) in [5.74, 6) is 0. The molecule has 0 aromatic carbocycles. The number of unbranched alkanes of at least 4 members (excludes halogenated alkanes) is 4. The van der Waals surface area contributed by atoms with Crippen molar-refractivity contribution < 1.29 is 0 Å². The fourth-order valence-electron chi connectivity index (χ4n) is 2.11. The van der Waals surface area contributed by atoms with E-state index in [4.69, 9.17) is 0 Å². The molecule has 0 amide bonds. The molecule has 0 spiro atoms. The minimum Gasteiger partial charge on any atom is -0.312 e. The van der Waals surface area contributed by atoms with E-state index < -0.39 is 0 Å². The highest BCUT2D eigenvalue weighted by Gasteiger charge is 2.10. The highest BCUT2D eigenvalue weighted by atomic mass is 14.9. The molecule has 0 aromatic heterocycles. The van der Waals surface area contributed by atoms with Crippen LogP contribution in [0.3, 0.4) is 0 Å². The van der Waals surface area contributed by atoms with Crippen LogP contribution in [0, 0.1) is 0 Å². The van der Waals surface area contributed by atoms with E-state index in [1.54, 1.807) is 0 Å². The Kier molecular flexibility index (Phi) is 11.4.